The maximum absolute atomic E-state index is 13.2. The van der Waals surface area contributed by atoms with E-state index in [-0.39, 0.29) is 23.0 Å². The Bertz CT molecular complexity index is 1870. The van der Waals surface area contributed by atoms with Crippen LogP contribution in [0.25, 0.3) is 22.4 Å². The summed E-state index contributed by atoms with van der Waals surface area (Å²) >= 11 is 0. The van der Waals surface area contributed by atoms with Gasteiger partial charge in [-0.25, -0.2) is 13.4 Å². The van der Waals surface area contributed by atoms with Crippen molar-refractivity contribution in [1.82, 2.24) is 14.9 Å². The number of ketones is 1. The Morgan fingerprint density at radius 1 is 0.929 bits per heavy atom. The van der Waals surface area contributed by atoms with Crippen molar-refractivity contribution < 1.29 is 18.0 Å². The molecule has 6 rings (SSSR count). The molecule has 42 heavy (non-hydrogen) atoms. The number of H-pyrrole nitrogens is 1. The molecule has 8 nitrogen and oxygen atoms in total. The van der Waals surface area contributed by atoms with Crippen molar-refractivity contribution in [3.8, 4) is 11.4 Å². The number of sulfonamides is 1. The number of carbonyl (C=O) groups excluding carboxylic acids is 2. The van der Waals surface area contributed by atoms with Crippen molar-refractivity contribution in [3.05, 3.63) is 114 Å². The zero-order valence-corrected chi connectivity index (χ0v) is 23.9. The minimum atomic E-state index is -3.79. The SMILES string of the molecule is Cc1ccc(S(=O)(=O)Nc2cccc3[nH]c(-c4ccc(CC(=O)[C@@H]5CCCN5C(=O)c5ccccc5)cc4)nc23)cc1. The number of anilines is 1. The number of imidazole rings is 1. The Morgan fingerprint density at radius 2 is 1.67 bits per heavy atom. The molecule has 5 aromatic rings. The Morgan fingerprint density at radius 3 is 2.40 bits per heavy atom. The van der Waals surface area contributed by atoms with E-state index in [0.29, 0.717) is 41.1 Å². The summed E-state index contributed by atoms with van der Waals surface area (Å²) in [6.07, 6.45) is 1.71. The highest BCUT2D eigenvalue weighted by Gasteiger charge is 2.34. The number of aryl methyl sites for hydroxylation is 1. The number of nitrogens with one attached hydrogen (secondary N) is 2. The van der Waals surface area contributed by atoms with Gasteiger partial charge in [0.25, 0.3) is 15.9 Å². The van der Waals surface area contributed by atoms with Gasteiger partial charge in [0.15, 0.2) is 5.78 Å². The fraction of sp³-hybridized carbons (Fsp3) is 0.182. The lowest BCUT2D eigenvalue weighted by Crippen LogP contribution is -2.41. The number of benzene rings is 4. The van der Waals surface area contributed by atoms with Crippen molar-refractivity contribution in [2.75, 3.05) is 11.3 Å². The van der Waals surface area contributed by atoms with Gasteiger partial charge in [0.2, 0.25) is 0 Å². The molecule has 1 atom stereocenters. The van der Waals surface area contributed by atoms with E-state index in [0.717, 1.165) is 23.1 Å². The average Bonchev–Trinajstić information content (AvgIpc) is 3.66. The lowest BCUT2D eigenvalue weighted by atomic mass is 10.0. The minimum absolute atomic E-state index is 0.0266. The third kappa shape index (κ3) is 5.56. The van der Waals surface area contributed by atoms with Crippen LogP contribution in [0.5, 0.6) is 0 Å². The van der Waals surface area contributed by atoms with E-state index >= 15 is 0 Å². The Labute approximate surface area is 244 Å². The van der Waals surface area contributed by atoms with Gasteiger partial charge in [-0.2, -0.15) is 0 Å². The first kappa shape index (κ1) is 27.4. The lowest BCUT2D eigenvalue weighted by Gasteiger charge is -2.24. The van der Waals surface area contributed by atoms with E-state index in [1.54, 1.807) is 53.4 Å². The zero-order chi connectivity index (χ0) is 29.3. The van der Waals surface area contributed by atoms with E-state index in [2.05, 4.69) is 9.71 Å². The van der Waals surface area contributed by atoms with Crippen LogP contribution >= 0.6 is 0 Å². The molecule has 1 amide bonds. The predicted molar refractivity (Wildman–Crippen MR) is 163 cm³/mol. The molecule has 0 radical (unpaired) electrons. The first-order valence-corrected chi connectivity index (χ1v) is 15.3. The average molecular weight is 579 g/mol. The Balaban J connectivity index is 1.17. The van der Waals surface area contributed by atoms with Crippen molar-refractivity contribution >= 4 is 38.4 Å². The van der Waals surface area contributed by atoms with E-state index < -0.39 is 16.1 Å². The first-order valence-electron chi connectivity index (χ1n) is 13.8. The number of Topliss-reactive ketones (excluding diaryl/α,β-unsaturated/α-hetero) is 1. The standard InChI is InChI=1S/C33H30N4O4S/c1-22-12-18-26(19-13-22)42(40,41)36-28-10-5-9-27-31(28)35-32(34-27)24-16-14-23(15-17-24)21-30(38)29-11-6-20-37(29)33(39)25-7-3-2-4-8-25/h2-5,7-10,12-19,29,36H,6,11,20-21H2,1H3,(H,34,35)/t29-/m0/s1. The van der Waals surface area contributed by atoms with Gasteiger partial charge in [-0.1, -0.05) is 66.2 Å². The highest BCUT2D eigenvalue weighted by Crippen LogP contribution is 2.28. The van der Waals surface area contributed by atoms with Gasteiger partial charge in [-0.3, -0.25) is 14.3 Å². The molecule has 0 aliphatic carbocycles. The molecule has 9 heteroatoms. The normalized spacial score (nSPS) is 15.2. The number of amides is 1. The number of carbonyl (C=O) groups is 2. The Kier molecular flexibility index (Phi) is 7.34. The number of likely N-dealkylation sites (tertiary alicyclic amines) is 1. The van der Waals surface area contributed by atoms with Crippen LogP contribution in [-0.2, 0) is 21.2 Å². The molecule has 1 aliphatic heterocycles. The Hall–Kier alpha value is -4.76. The van der Waals surface area contributed by atoms with Crippen LogP contribution in [0.1, 0.15) is 34.3 Å². The van der Waals surface area contributed by atoms with Gasteiger partial charge in [0.05, 0.1) is 22.1 Å². The summed E-state index contributed by atoms with van der Waals surface area (Å²) in [5.74, 6) is 0.506. The number of hydrogen-bond donors (Lipinski definition) is 2. The quantitative estimate of drug-likeness (QED) is 0.243. The number of aromatic nitrogens is 2. The van der Waals surface area contributed by atoms with Gasteiger partial charge >= 0.3 is 0 Å². The molecule has 4 aromatic carbocycles. The molecule has 1 saturated heterocycles. The maximum Gasteiger partial charge on any atom is 0.261 e. The van der Waals surface area contributed by atoms with Gasteiger partial charge in [0.1, 0.15) is 11.3 Å². The second-order valence-electron chi connectivity index (χ2n) is 10.6. The van der Waals surface area contributed by atoms with E-state index in [4.69, 9.17) is 4.98 Å². The highest BCUT2D eigenvalue weighted by atomic mass is 32.2. The number of fused-ring (bicyclic) bond motifs is 1. The van der Waals surface area contributed by atoms with Crippen LogP contribution < -0.4 is 4.72 Å². The molecule has 1 aromatic heterocycles. The number of para-hydroxylation sites is 1. The summed E-state index contributed by atoms with van der Waals surface area (Å²) in [7, 11) is -3.79. The molecule has 212 valence electrons. The van der Waals surface area contributed by atoms with E-state index in [1.807, 2.05) is 55.5 Å². The molecular weight excluding hydrogens is 548 g/mol. The van der Waals surface area contributed by atoms with Crippen molar-refractivity contribution in [2.24, 2.45) is 0 Å². The number of rotatable bonds is 8. The maximum atomic E-state index is 13.2. The third-order valence-electron chi connectivity index (χ3n) is 7.60. The van der Waals surface area contributed by atoms with Crippen LogP contribution in [0.2, 0.25) is 0 Å². The molecule has 2 heterocycles. The molecule has 0 unspecified atom stereocenters. The molecule has 2 N–H and O–H groups in total. The highest BCUT2D eigenvalue weighted by molar-refractivity contribution is 7.92. The topological polar surface area (TPSA) is 112 Å². The van der Waals surface area contributed by atoms with Gasteiger partial charge in [-0.05, 0) is 61.7 Å². The second-order valence-corrected chi connectivity index (χ2v) is 12.3. The molecular formula is C33H30N4O4S. The van der Waals surface area contributed by atoms with Crippen molar-refractivity contribution in [3.63, 3.8) is 0 Å². The van der Waals surface area contributed by atoms with Gasteiger partial charge in [-0.15, -0.1) is 0 Å². The minimum Gasteiger partial charge on any atom is -0.338 e. The van der Waals surface area contributed by atoms with Crippen LogP contribution in [0.3, 0.4) is 0 Å². The number of aromatic amines is 1. The fourth-order valence-electron chi connectivity index (χ4n) is 5.36. The summed E-state index contributed by atoms with van der Waals surface area (Å²) < 4.78 is 28.6. The summed E-state index contributed by atoms with van der Waals surface area (Å²) in [6.45, 7) is 2.48. The molecule has 1 fully saturated rings. The summed E-state index contributed by atoms with van der Waals surface area (Å²) in [5.41, 5.74) is 4.80. The smallest absolute Gasteiger partial charge is 0.261 e. The second kappa shape index (κ2) is 11.3. The van der Waals surface area contributed by atoms with Crippen LogP contribution in [0.15, 0.2) is 102 Å². The zero-order valence-electron chi connectivity index (χ0n) is 23.1. The lowest BCUT2D eigenvalue weighted by molar-refractivity contribution is -0.122. The number of hydrogen-bond acceptors (Lipinski definition) is 5. The summed E-state index contributed by atoms with van der Waals surface area (Å²) in [4.78, 5) is 36.1. The van der Waals surface area contributed by atoms with Crippen LogP contribution in [0, 0.1) is 6.92 Å². The predicted octanol–water partition coefficient (Wildman–Crippen LogP) is 5.76. The monoisotopic (exact) mass is 578 g/mol. The largest absolute Gasteiger partial charge is 0.338 e. The van der Waals surface area contributed by atoms with E-state index in [1.165, 1.54) is 0 Å². The number of nitrogens with zero attached hydrogens (tertiary/aromatic N) is 2. The fourth-order valence-corrected chi connectivity index (χ4v) is 6.43. The van der Waals surface area contributed by atoms with Crippen molar-refractivity contribution in [2.45, 2.75) is 37.1 Å². The molecule has 0 spiro atoms. The molecule has 0 bridgehead atoms. The molecule has 0 saturated carbocycles. The third-order valence-corrected chi connectivity index (χ3v) is 8.98. The van der Waals surface area contributed by atoms with Gasteiger partial charge < -0.3 is 9.88 Å². The van der Waals surface area contributed by atoms with Crippen LogP contribution in [0.4, 0.5) is 5.69 Å². The summed E-state index contributed by atoms with van der Waals surface area (Å²) in [6, 6.07) is 28.2. The molecule has 1 aliphatic rings. The first-order chi connectivity index (χ1) is 20.3. The van der Waals surface area contributed by atoms with Crippen molar-refractivity contribution in [1.29, 1.82) is 0 Å². The van der Waals surface area contributed by atoms with Gasteiger partial charge in [0, 0.05) is 24.1 Å². The van der Waals surface area contributed by atoms with E-state index in [9.17, 15) is 18.0 Å². The van der Waals surface area contributed by atoms with Crippen LogP contribution in [-0.4, -0.2) is 47.6 Å². The summed E-state index contributed by atoms with van der Waals surface area (Å²) in [5, 5.41) is 0.